The molecular formula is C27H28ClN3O5. The Hall–Kier alpha value is -3.91. The van der Waals surface area contributed by atoms with E-state index in [1.54, 1.807) is 43.5 Å². The molecule has 36 heavy (non-hydrogen) atoms. The van der Waals surface area contributed by atoms with Gasteiger partial charge in [-0.1, -0.05) is 11.6 Å². The molecule has 8 nitrogen and oxygen atoms in total. The van der Waals surface area contributed by atoms with Gasteiger partial charge in [-0.05, 0) is 60.7 Å². The maximum atomic E-state index is 13.0. The number of methoxy groups -OCH3 is 3. The molecule has 1 fully saturated rings. The predicted molar refractivity (Wildman–Crippen MR) is 140 cm³/mol. The van der Waals surface area contributed by atoms with Gasteiger partial charge in [0.1, 0.15) is 5.75 Å². The summed E-state index contributed by atoms with van der Waals surface area (Å²) in [7, 11) is 4.62. The van der Waals surface area contributed by atoms with Crippen molar-refractivity contribution in [1.82, 2.24) is 4.90 Å². The van der Waals surface area contributed by atoms with E-state index in [-0.39, 0.29) is 11.8 Å². The first-order valence-corrected chi connectivity index (χ1v) is 11.8. The summed E-state index contributed by atoms with van der Waals surface area (Å²) in [4.78, 5) is 29.7. The Balaban J connectivity index is 1.36. The van der Waals surface area contributed by atoms with E-state index < -0.39 is 0 Å². The van der Waals surface area contributed by atoms with Crippen molar-refractivity contribution in [2.24, 2.45) is 0 Å². The van der Waals surface area contributed by atoms with Crippen LogP contribution in [-0.4, -0.2) is 64.2 Å². The van der Waals surface area contributed by atoms with Crippen LogP contribution in [0.5, 0.6) is 17.2 Å². The van der Waals surface area contributed by atoms with Crippen molar-refractivity contribution in [2.75, 3.05) is 57.7 Å². The summed E-state index contributed by atoms with van der Waals surface area (Å²) in [5.41, 5.74) is 2.63. The third-order valence-electron chi connectivity index (χ3n) is 6.09. The van der Waals surface area contributed by atoms with E-state index in [9.17, 15) is 9.59 Å². The Labute approximate surface area is 215 Å². The Bertz CT molecular complexity index is 1240. The average molecular weight is 510 g/mol. The highest BCUT2D eigenvalue weighted by atomic mass is 35.5. The minimum absolute atomic E-state index is 0.0952. The van der Waals surface area contributed by atoms with Crippen LogP contribution in [0.4, 0.5) is 11.4 Å². The molecule has 9 heteroatoms. The fourth-order valence-electron chi connectivity index (χ4n) is 4.12. The Kier molecular flexibility index (Phi) is 7.85. The maximum Gasteiger partial charge on any atom is 0.257 e. The number of benzene rings is 3. The number of carbonyl (C=O) groups is 2. The van der Waals surface area contributed by atoms with E-state index >= 15 is 0 Å². The first-order chi connectivity index (χ1) is 17.4. The number of hydrogen-bond acceptors (Lipinski definition) is 6. The van der Waals surface area contributed by atoms with Crippen LogP contribution in [-0.2, 0) is 0 Å². The normalized spacial score (nSPS) is 13.2. The van der Waals surface area contributed by atoms with E-state index in [0.717, 1.165) is 5.69 Å². The van der Waals surface area contributed by atoms with Gasteiger partial charge < -0.3 is 29.3 Å². The van der Waals surface area contributed by atoms with Gasteiger partial charge in [0, 0.05) is 48.1 Å². The lowest BCUT2D eigenvalue weighted by Gasteiger charge is -2.36. The molecule has 1 aliphatic rings. The molecule has 3 aromatic carbocycles. The second-order valence-corrected chi connectivity index (χ2v) is 8.63. The Morgan fingerprint density at radius 2 is 1.42 bits per heavy atom. The SMILES string of the molecule is COc1ccc(C(=O)Nc2ccc(N3CCN(C(=O)c4cc(Cl)ccc4OC)CC3)cc2)cc1OC. The van der Waals surface area contributed by atoms with Crippen molar-refractivity contribution >= 4 is 34.8 Å². The van der Waals surface area contributed by atoms with Gasteiger partial charge in [0.2, 0.25) is 0 Å². The van der Waals surface area contributed by atoms with E-state index in [4.69, 9.17) is 25.8 Å². The van der Waals surface area contributed by atoms with Gasteiger partial charge in [0.25, 0.3) is 11.8 Å². The molecule has 0 aliphatic carbocycles. The van der Waals surface area contributed by atoms with Crippen molar-refractivity contribution in [1.29, 1.82) is 0 Å². The number of nitrogens with one attached hydrogen (secondary N) is 1. The molecule has 0 bridgehead atoms. The molecule has 0 unspecified atom stereocenters. The summed E-state index contributed by atoms with van der Waals surface area (Å²) in [6.07, 6.45) is 0. The number of hydrogen-bond donors (Lipinski definition) is 1. The van der Waals surface area contributed by atoms with Crippen molar-refractivity contribution in [3.63, 3.8) is 0 Å². The minimum Gasteiger partial charge on any atom is -0.496 e. The second kappa shape index (κ2) is 11.2. The zero-order valence-electron chi connectivity index (χ0n) is 20.4. The maximum absolute atomic E-state index is 13.0. The molecule has 3 aromatic rings. The molecule has 0 atom stereocenters. The molecule has 1 N–H and O–H groups in total. The van der Waals surface area contributed by atoms with E-state index in [1.165, 1.54) is 14.2 Å². The van der Waals surface area contributed by atoms with Gasteiger partial charge in [-0.15, -0.1) is 0 Å². The van der Waals surface area contributed by atoms with E-state index in [1.807, 2.05) is 29.2 Å². The molecule has 4 rings (SSSR count). The van der Waals surface area contributed by atoms with Crippen LogP contribution in [0.2, 0.25) is 5.02 Å². The molecule has 0 radical (unpaired) electrons. The number of piperazine rings is 1. The molecule has 0 spiro atoms. The summed E-state index contributed by atoms with van der Waals surface area (Å²) in [6, 6.07) is 17.7. The smallest absolute Gasteiger partial charge is 0.257 e. The van der Waals surface area contributed by atoms with Crippen LogP contribution in [0.1, 0.15) is 20.7 Å². The lowest BCUT2D eigenvalue weighted by atomic mass is 10.1. The summed E-state index contributed by atoms with van der Waals surface area (Å²) in [5, 5.41) is 3.40. The van der Waals surface area contributed by atoms with Crippen molar-refractivity contribution in [3.8, 4) is 17.2 Å². The van der Waals surface area contributed by atoms with Crippen molar-refractivity contribution < 1.29 is 23.8 Å². The summed E-state index contributed by atoms with van der Waals surface area (Å²) < 4.78 is 15.8. The Morgan fingerprint density at radius 1 is 0.778 bits per heavy atom. The van der Waals surface area contributed by atoms with Crippen LogP contribution >= 0.6 is 11.6 Å². The standard InChI is InChI=1S/C27H28ClN3O5/c1-34-23-11-5-19(28)17-22(23)27(33)31-14-12-30(13-15-31)21-8-6-20(7-9-21)29-26(32)18-4-10-24(35-2)25(16-18)36-3/h4-11,16-17H,12-15H2,1-3H3,(H,29,32). The number of nitrogens with zero attached hydrogens (tertiary/aromatic N) is 2. The lowest BCUT2D eigenvalue weighted by molar-refractivity contribution is 0.0743. The zero-order chi connectivity index (χ0) is 25.7. The van der Waals surface area contributed by atoms with E-state index in [2.05, 4.69) is 10.2 Å². The van der Waals surface area contributed by atoms with Gasteiger partial charge in [-0.3, -0.25) is 9.59 Å². The second-order valence-electron chi connectivity index (χ2n) is 8.19. The zero-order valence-corrected chi connectivity index (χ0v) is 21.2. The molecular weight excluding hydrogens is 482 g/mol. The first-order valence-electron chi connectivity index (χ1n) is 11.4. The number of rotatable bonds is 7. The van der Waals surface area contributed by atoms with Gasteiger partial charge in [0.15, 0.2) is 11.5 Å². The fourth-order valence-corrected chi connectivity index (χ4v) is 4.29. The molecule has 1 saturated heterocycles. The fraction of sp³-hybridized carbons (Fsp3) is 0.259. The molecule has 2 amide bonds. The average Bonchev–Trinajstić information content (AvgIpc) is 2.92. The van der Waals surface area contributed by atoms with Crippen molar-refractivity contribution in [3.05, 3.63) is 76.8 Å². The van der Waals surface area contributed by atoms with Crippen LogP contribution in [0.25, 0.3) is 0 Å². The van der Waals surface area contributed by atoms with Gasteiger partial charge >= 0.3 is 0 Å². The Morgan fingerprint density at radius 3 is 2.06 bits per heavy atom. The number of ether oxygens (including phenoxy) is 3. The lowest BCUT2D eigenvalue weighted by Crippen LogP contribution is -2.48. The highest BCUT2D eigenvalue weighted by molar-refractivity contribution is 6.31. The quantitative estimate of drug-likeness (QED) is 0.502. The number of amides is 2. The van der Waals surface area contributed by atoms with Crippen LogP contribution in [0.15, 0.2) is 60.7 Å². The monoisotopic (exact) mass is 509 g/mol. The minimum atomic E-state index is -0.243. The molecule has 0 aromatic heterocycles. The highest BCUT2D eigenvalue weighted by Crippen LogP contribution is 2.29. The third kappa shape index (κ3) is 5.49. The van der Waals surface area contributed by atoms with Crippen LogP contribution < -0.4 is 24.4 Å². The largest absolute Gasteiger partial charge is 0.496 e. The first kappa shape index (κ1) is 25.2. The van der Waals surface area contributed by atoms with Gasteiger partial charge in [-0.2, -0.15) is 0 Å². The van der Waals surface area contributed by atoms with Crippen LogP contribution in [0, 0.1) is 0 Å². The summed E-state index contributed by atoms with van der Waals surface area (Å²) >= 11 is 6.09. The van der Waals surface area contributed by atoms with Crippen molar-refractivity contribution in [2.45, 2.75) is 0 Å². The molecule has 188 valence electrons. The summed E-state index contributed by atoms with van der Waals surface area (Å²) in [6.45, 7) is 2.52. The van der Waals surface area contributed by atoms with Gasteiger partial charge in [0.05, 0.1) is 26.9 Å². The topological polar surface area (TPSA) is 80.3 Å². The number of halogens is 1. The highest BCUT2D eigenvalue weighted by Gasteiger charge is 2.25. The third-order valence-corrected chi connectivity index (χ3v) is 6.33. The molecule has 1 heterocycles. The van der Waals surface area contributed by atoms with E-state index in [0.29, 0.717) is 65.3 Å². The number of anilines is 2. The molecule has 1 aliphatic heterocycles. The molecule has 0 saturated carbocycles. The summed E-state index contributed by atoms with van der Waals surface area (Å²) in [5.74, 6) is 1.23. The number of carbonyl (C=O) groups excluding carboxylic acids is 2. The van der Waals surface area contributed by atoms with Gasteiger partial charge in [-0.25, -0.2) is 0 Å². The predicted octanol–water partition coefficient (Wildman–Crippen LogP) is 4.58. The van der Waals surface area contributed by atoms with Crippen LogP contribution in [0.3, 0.4) is 0 Å².